The first-order valence-corrected chi connectivity index (χ1v) is 8.55. The van der Waals surface area contributed by atoms with Gasteiger partial charge < -0.3 is 10.8 Å². The van der Waals surface area contributed by atoms with E-state index in [-0.39, 0.29) is 17.3 Å². The molecule has 3 nitrogen and oxygen atoms in total. The van der Waals surface area contributed by atoms with E-state index in [9.17, 15) is 9.90 Å². The highest BCUT2D eigenvalue weighted by Gasteiger charge is 2.54. The second-order valence-corrected chi connectivity index (χ2v) is 7.45. The fourth-order valence-electron chi connectivity index (χ4n) is 4.57. The molecule has 0 saturated heterocycles. The summed E-state index contributed by atoms with van der Waals surface area (Å²) in [7, 11) is 0. The van der Waals surface area contributed by atoms with Gasteiger partial charge >= 0.3 is 5.97 Å². The number of rotatable bonds is 7. The van der Waals surface area contributed by atoms with Gasteiger partial charge in [-0.2, -0.15) is 0 Å². The summed E-state index contributed by atoms with van der Waals surface area (Å²) in [6.07, 6.45) is 3.89. The molecule has 0 atom stereocenters. The third-order valence-electron chi connectivity index (χ3n) is 5.30. The number of hydrogen-bond acceptors (Lipinski definition) is 2. The predicted octanol–water partition coefficient (Wildman–Crippen LogP) is 3.67. The first-order valence-electron chi connectivity index (χ1n) is 8.55. The summed E-state index contributed by atoms with van der Waals surface area (Å²) >= 11 is 0. The minimum Gasteiger partial charge on any atom is -0.481 e. The molecule has 3 rings (SSSR count). The van der Waals surface area contributed by atoms with Crippen LogP contribution in [-0.2, 0) is 17.6 Å². The van der Waals surface area contributed by atoms with Crippen LogP contribution in [0.1, 0.15) is 30.4 Å². The maximum Gasteiger partial charge on any atom is 0.303 e. The van der Waals surface area contributed by atoms with Gasteiger partial charge in [0.2, 0.25) is 0 Å². The van der Waals surface area contributed by atoms with E-state index >= 15 is 0 Å². The molecule has 0 spiro atoms. The molecule has 2 aromatic carbocycles. The monoisotopic (exact) mass is 323 g/mol. The van der Waals surface area contributed by atoms with Crippen molar-refractivity contribution in [2.45, 2.75) is 32.1 Å². The lowest BCUT2D eigenvalue weighted by molar-refractivity contribution is -0.145. The first-order chi connectivity index (χ1) is 11.5. The van der Waals surface area contributed by atoms with Gasteiger partial charge in [0.15, 0.2) is 0 Å². The lowest BCUT2D eigenvalue weighted by atomic mass is 9.48. The Bertz CT molecular complexity index is 632. The molecular formula is C21H25NO2. The zero-order valence-corrected chi connectivity index (χ0v) is 13.9. The zero-order chi connectivity index (χ0) is 17.0. The van der Waals surface area contributed by atoms with E-state index in [2.05, 4.69) is 48.5 Å². The molecule has 0 unspecified atom stereocenters. The van der Waals surface area contributed by atoms with E-state index in [0.717, 1.165) is 25.7 Å². The Morgan fingerprint density at radius 2 is 1.33 bits per heavy atom. The molecule has 0 aliphatic heterocycles. The summed E-state index contributed by atoms with van der Waals surface area (Å²) in [6.45, 7) is 0.449. The number of carbonyl (C=O) groups is 1. The van der Waals surface area contributed by atoms with Crippen molar-refractivity contribution < 1.29 is 9.90 Å². The number of aliphatic carboxylic acids is 1. The Morgan fingerprint density at radius 1 is 0.875 bits per heavy atom. The predicted molar refractivity (Wildman–Crippen MR) is 95.7 cm³/mol. The number of hydrogen-bond donors (Lipinski definition) is 2. The summed E-state index contributed by atoms with van der Waals surface area (Å²) in [5.74, 6) is -0.742. The molecule has 0 amide bonds. The largest absolute Gasteiger partial charge is 0.481 e. The van der Waals surface area contributed by atoms with E-state index in [0.29, 0.717) is 6.54 Å². The fourth-order valence-corrected chi connectivity index (χ4v) is 4.57. The van der Waals surface area contributed by atoms with E-state index < -0.39 is 5.97 Å². The van der Waals surface area contributed by atoms with Crippen molar-refractivity contribution in [2.24, 2.45) is 16.6 Å². The van der Waals surface area contributed by atoms with Crippen LogP contribution in [0, 0.1) is 10.8 Å². The average molecular weight is 323 g/mol. The molecule has 1 saturated carbocycles. The van der Waals surface area contributed by atoms with Crippen LogP contribution in [0.5, 0.6) is 0 Å². The van der Waals surface area contributed by atoms with Gasteiger partial charge in [0.05, 0.1) is 6.42 Å². The second kappa shape index (κ2) is 6.78. The molecule has 0 bridgehead atoms. The summed E-state index contributed by atoms with van der Waals surface area (Å²) in [5, 5.41) is 9.24. The molecule has 1 fully saturated rings. The molecule has 0 aromatic heterocycles. The van der Waals surface area contributed by atoms with Crippen LogP contribution in [0.2, 0.25) is 0 Å². The molecule has 2 aromatic rings. The number of nitrogens with two attached hydrogens (primary N) is 1. The Morgan fingerprint density at radius 3 is 1.71 bits per heavy atom. The fraction of sp³-hybridized carbons (Fsp3) is 0.381. The van der Waals surface area contributed by atoms with E-state index in [1.807, 2.05) is 12.1 Å². The molecule has 1 aliphatic rings. The highest BCUT2D eigenvalue weighted by Crippen LogP contribution is 2.59. The first kappa shape index (κ1) is 16.7. The van der Waals surface area contributed by atoms with Gasteiger partial charge in [0, 0.05) is 0 Å². The number of carboxylic acid groups (broad SMARTS) is 1. The highest BCUT2D eigenvalue weighted by molar-refractivity contribution is 5.68. The van der Waals surface area contributed by atoms with Gasteiger partial charge in [0.1, 0.15) is 0 Å². The third kappa shape index (κ3) is 3.68. The van der Waals surface area contributed by atoms with Crippen molar-refractivity contribution in [3.05, 3.63) is 71.8 Å². The van der Waals surface area contributed by atoms with Gasteiger partial charge in [-0.3, -0.25) is 4.79 Å². The standard InChI is InChI=1S/C21H25NO2/c22-16-21(13-19(23)24)14-20(15-21,11-17-7-3-1-4-8-17)12-18-9-5-2-6-10-18/h1-10H,11-16,22H2,(H,23,24). The van der Waals surface area contributed by atoms with Gasteiger partial charge in [-0.05, 0) is 54.2 Å². The smallest absolute Gasteiger partial charge is 0.303 e. The highest BCUT2D eigenvalue weighted by atomic mass is 16.4. The molecular weight excluding hydrogens is 298 g/mol. The molecule has 0 heterocycles. The van der Waals surface area contributed by atoms with Crippen LogP contribution >= 0.6 is 0 Å². The van der Waals surface area contributed by atoms with Gasteiger partial charge in [-0.25, -0.2) is 0 Å². The lowest BCUT2D eigenvalue weighted by Crippen LogP contribution is -2.53. The molecule has 3 N–H and O–H groups in total. The Kier molecular flexibility index (Phi) is 4.72. The van der Waals surface area contributed by atoms with E-state index in [4.69, 9.17) is 5.73 Å². The van der Waals surface area contributed by atoms with Gasteiger partial charge in [-0.15, -0.1) is 0 Å². The molecule has 126 valence electrons. The quantitative estimate of drug-likeness (QED) is 0.817. The SMILES string of the molecule is NCC1(CC(=O)O)CC(Cc2ccccc2)(Cc2ccccc2)C1. The number of carboxylic acids is 1. The van der Waals surface area contributed by atoms with E-state index in [1.54, 1.807) is 0 Å². The van der Waals surface area contributed by atoms with Crippen molar-refractivity contribution in [2.75, 3.05) is 6.54 Å². The molecule has 3 heteroatoms. The third-order valence-corrected chi connectivity index (χ3v) is 5.30. The zero-order valence-electron chi connectivity index (χ0n) is 13.9. The van der Waals surface area contributed by atoms with Crippen LogP contribution < -0.4 is 5.73 Å². The summed E-state index contributed by atoms with van der Waals surface area (Å²) in [5.41, 5.74) is 8.46. The normalized spacial score (nSPS) is 17.9. The van der Waals surface area contributed by atoms with Crippen LogP contribution in [0.4, 0.5) is 0 Å². The topological polar surface area (TPSA) is 63.3 Å². The Balaban J connectivity index is 1.82. The second-order valence-electron chi connectivity index (χ2n) is 7.45. The van der Waals surface area contributed by atoms with E-state index in [1.165, 1.54) is 11.1 Å². The van der Waals surface area contributed by atoms with Gasteiger partial charge in [0.25, 0.3) is 0 Å². The molecule has 1 aliphatic carbocycles. The maximum atomic E-state index is 11.2. The maximum absolute atomic E-state index is 11.2. The minimum absolute atomic E-state index is 0.109. The van der Waals surface area contributed by atoms with Crippen molar-refractivity contribution >= 4 is 5.97 Å². The Hall–Kier alpha value is -2.13. The van der Waals surface area contributed by atoms with Crippen LogP contribution in [0.3, 0.4) is 0 Å². The lowest BCUT2D eigenvalue weighted by Gasteiger charge is -2.56. The average Bonchev–Trinajstić information content (AvgIpc) is 2.54. The van der Waals surface area contributed by atoms with Crippen molar-refractivity contribution in [1.29, 1.82) is 0 Å². The van der Waals surface area contributed by atoms with Crippen LogP contribution in [0.25, 0.3) is 0 Å². The number of benzene rings is 2. The van der Waals surface area contributed by atoms with Crippen molar-refractivity contribution in [3.8, 4) is 0 Å². The van der Waals surface area contributed by atoms with Crippen LogP contribution in [0.15, 0.2) is 60.7 Å². The summed E-state index contributed by atoms with van der Waals surface area (Å²) in [4.78, 5) is 11.2. The van der Waals surface area contributed by atoms with Gasteiger partial charge in [-0.1, -0.05) is 60.7 Å². The Labute approximate surface area is 143 Å². The van der Waals surface area contributed by atoms with Crippen molar-refractivity contribution in [3.63, 3.8) is 0 Å². The minimum atomic E-state index is -0.742. The molecule has 24 heavy (non-hydrogen) atoms. The summed E-state index contributed by atoms with van der Waals surface area (Å²) in [6, 6.07) is 21.0. The summed E-state index contributed by atoms with van der Waals surface area (Å²) < 4.78 is 0. The molecule has 0 radical (unpaired) electrons. The van der Waals surface area contributed by atoms with Crippen LogP contribution in [-0.4, -0.2) is 17.6 Å². The van der Waals surface area contributed by atoms with Crippen molar-refractivity contribution in [1.82, 2.24) is 0 Å².